The number of nitrogens with zero attached hydrogens (tertiary/aromatic N) is 1. The van der Waals surface area contributed by atoms with Gasteiger partial charge in [0.25, 0.3) is 0 Å². The second-order valence-corrected chi connectivity index (χ2v) is 3.76. The Bertz CT molecular complexity index is 403. The maximum Gasteiger partial charge on any atom is 0.312 e. The van der Waals surface area contributed by atoms with E-state index >= 15 is 0 Å². The van der Waals surface area contributed by atoms with Gasteiger partial charge in [-0.05, 0) is 24.1 Å². The van der Waals surface area contributed by atoms with Crippen molar-refractivity contribution in [2.24, 2.45) is 0 Å². The Morgan fingerprint density at radius 1 is 1.29 bits per heavy atom. The summed E-state index contributed by atoms with van der Waals surface area (Å²) in [4.78, 5) is 23.0. The molecule has 0 fully saturated rings. The van der Waals surface area contributed by atoms with E-state index in [0.717, 1.165) is 5.56 Å². The van der Waals surface area contributed by atoms with Gasteiger partial charge in [-0.1, -0.05) is 12.1 Å². The summed E-state index contributed by atoms with van der Waals surface area (Å²) in [6.07, 6.45) is 0.0715. The lowest BCUT2D eigenvalue weighted by atomic mass is 10.1. The number of carbonyl (C=O) groups excluding carboxylic acids is 1. The molecule has 0 aliphatic heterocycles. The fourth-order valence-electron chi connectivity index (χ4n) is 1.34. The summed E-state index contributed by atoms with van der Waals surface area (Å²) in [6, 6.07) is 6.00. The van der Waals surface area contributed by atoms with Crippen LogP contribution < -0.4 is 0 Å². The lowest BCUT2D eigenvalue weighted by Crippen LogP contribution is -2.30. The minimum Gasteiger partial charge on any atom is -0.481 e. The molecule has 17 heavy (non-hydrogen) atoms. The standard InChI is InChI=1S/C12H14FNO3/c1-14(11(15)8-12(16)17)7-6-9-2-4-10(13)5-3-9/h2-5H,6-8H2,1H3,(H,16,17). The molecule has 0 bridgehead atoms. The van der Waals surface area contributed by atoms with Crippen LogP contribution in [-0.4, -0.2) is 35.5 Å². The van der Waals surface area contributed by atoms with Gasteiger partial charge in [0.2, 0.25) is 5.91 Å². The van der Waals surface area contributed by atoms with Gasteiger partial charge in [-0.2, -0.15) is 0 Å². The number of hydrogen-bond donors (Lipinski definition) is 1. The first-order valence-corrected chi connectivity index (χ1v) is 5.19. The molecular weight excluding hydrogens is 225 g/mol. The number of amides is 1. The molecular formula is C12H14FNO3. The second kappa shape index (κ2) is 5.98. The van der Waals surface area contributed by atoms with Crippen LogP contribution in [0.2, 0.25) is 0 Å². The van der Waals surface area contributed by atoms with E-state index in [1.54, 1.807) is 19.2 Å². The Morgan fingerprint density at radius 2 is 1.88 bits per heavy atom. The molecule has 4 nitrogen and oxygen atoms in total. The van der Waals surface area contributed by atoms with Crippen LogP contribution in [0.15, 0.2) is 24.3 Å². The fraction of sp³-hybridized carbons (Fsp3) is 0.333. The van der Waals surface area contributed by atoms with E-state index in [1.807, 2.05) is 0 Å². The minimum absolute atomic E-state index is 0.302. The van der Waals surface area contributed by atoms with E-state index in [-0.39, 0.29) is 5.82 Å². The molecule has 0 unspecified atom stereocenters. The van der Waals surface area contributed by atoms with E-state index in [0.29, 0.717) is 13.0 Å². The van der Waals surface area contributed by atoms with Crippen molar-refractivity contribution in [3.8, 4) is 0 Å². The van der Waals surface area contributed by atoms with Crippen molar-refractivity contribution >= 4 is 11.9 Å². The van der Waals surface area contributed by atoms with Gasteiger partial charge in [0.15, 0.2) is 0 Å². The van der Waals surface area contributed by atoms with Crippen LogP contribution in [-0.2, 0) is 16.0 Å². The first-order chi connectivity index (χ1) is 7.99. The topological polar surface area (TPSA) is 57.6 Å². The van der Waals surface area contributed by atoms with Gasteiger partial charge in [0.05, 0.1) is 0 Å². The van der Waals surface area contributed by atoms with Crippen LogP contribution >= 0.6 is 0 Å². The predicted octanol–water partition coefficient (Wildman–Crippen LogP) is 1.30. The molecule has 0 saturated heterocycles. The number of halogens is 1. The Kier molecular flexibility index (Phi) is 4.63. The molecule has 0 atom stereocenters. The Balaban J connectivity index is 2.42. The zero-order valence-electron chi connectivity index (χ0n) is 9.52. The molecule has 1 N–H and O–H groups in total. The summed E-state index contributed by atoms with van der Waals surface area (Å²) in [6.45, 7) is 0.414. The number of likely N-dealkylation sites (N-methyl/N-ethyl adjacent to an activating group) is 1. The average Bonchev–Trinajstić information content (AvgIpc) is 2.27. The fourth-order valence-corrected chi connectivity index (χ4v) is 1.34. The molecule has 0 radical (unpaired) electrons. The maximum atomic E-state index is 12.6. The van der Waals surface area contributed by atoms with E-state index in [4.69, 9.17) is 5.11 Å². The summed E-state index contributed by atoms with van der Waals surface area (Å²) in [5, 5.41) is 8.46. The summed E-state index contributed by atoms with van der Waals surface area (Å²) in [5.74, 6) is -1.87. The van der Waals surface area contributed by atoms with Gasteiger partial charge in [0, 0.05) is 13.6 Å². The lowest BCUT2D eigenvalue weighted by molar-refractivity contribution is -0.143. The molecule has 5 heteroatoms. The van der Waals surface area contributed by atoms with Gasteiger partial charge in [-0.25, -0.2) is 4.39 Å². The minimum atomic E-state index is -1.14. The maximum absolute atomic E-state index is 12.6. The Morgan fingerprint density at radius 3 is 2.41 bits per heavy atom. The third-order valence-electron chi connectivity index (χ3n) is 2.38. The quantitative estimate of drug-likeness (QED) is 0.788. The highest BCUT2D eigenvalue weighted by molar-refractivity contribution is 5.93. The number of carbonyl (C=O) groups is 2. The summed E-state index contributed by atoms with van der Waals surface area (Å²) in [7, 11) is 1.55. The van der Waals surface area contributed by atoms with Crippen LogP contribution in [0.4, 0.5) is 4.39 Å². The normalized spacial score (nSPS) is 10.0. The molecule has 1 aromatic carbocycles. The van der Waals surface area contributed by atoms with Gasteiger partial charge in [0.1, 0.15) is 12.2 Å². The van der Waals surface area contributed by atoms with Crippen LogP contribution in [0.5, 0.6) is 0 Å². The molecule has 1 amide bonds. The van der Waals surface area contributed by atoms with E-state index in [2.05, 4.69) is 0 Å². The summed E-state index contributed by atoms with van der Waals surface area (Å²) in [5.41, 5.74) is 0.904. The monoisotopic (exact) mass is 239 g/mol. The lowest BCUT2D eigenvalue weighted by Gasteiger charge is -2.15. The van der Waals surface area contributed by atoms with E-state index < -0.39 is 18.3 Å². The third-order valence-corrected chi connectivity index (χ3v) is 2.38. The molecule has 92 valence electrons. The highest BCUT2D eigenvalue weighted by Gasteiger charge is 2.12. The first-order valence-electron chi connectivity index (χ1n) is 5.19. The summed E-state index contributed by atoms with van der Waals surface area (Å²) >= 11 is 0. The van der Waals surface area contributed by atoms with Gasteiger partial charge >= 0.3 is 5.97 Å². The van der Waals surface area contributed by atoms with Crippen molar-refractivity contribution < 1.29 is 19.1 Å². The van der Waals surface area contributed by atoms with Crippen LogP contribution in [0.25, 0.3) is 0 Å². The first kappa shape index (κ1) is 13.2. The summed E-state index contributed by atoms with van der Waals surface area (Å²) < 4.78 is 12.6. The number of hydrogen-bond acceptors (Lipinski definition) is 2. The molecule has 1 aromatic rings. The predicted molar refractivity (Wildman–Crippen MR) is 60.0 cm³/mol. The van der Waals surface area contributed by atoms with Crippen molar-refractivity contribution in [1.29, 1.82) is 0 Å². The molecule has 1 rings (SSSR count). The Labute approximate surface area is 98.7 Å². The number of carboxylic acids is 1. The number of aliphatic carboxylic acids is 1. The molecule has 0 aliphatic carbocycles. The molecule has 0 aromatic heterocycles. The number of rotatable bonds is 5. The average molecular weight is 239 g/mol. The zero-order chi connectivity index (χ0) is 12.8. The molecule has 0 heterocycles. The van der Waals surface area contributed by atoms with Crippen molar-refractivity contribution in [3.05, 3.63) is 35.6 Å². The van der Waals surface area contributed by atoms with Crippen LogP contribution in [0.1, 0.15) is 12.0 Å². The zero-order valence-corrected chi connectivity index (χ0v) is 9.52. The highest BCUT2D eigenvalue weighted by atomic mass is 19.1. The van der Waals surface area contributed by atoms with Gasteiger partial charge in [-0.15, -0.1) is 0 Å². The van der Waals surface area contributed by atoms with Crippen LogP contribution in [0.3, 0.4) is 0 Å². The van der Waals surface area contributed by atoms with E-state index in [1.165, 1.54) is 17.0 Å². The smallest absolute Gasteiger partial charge is 0.312 e. The van der Waals surface area contributed by atoms with Crippen molar-refractivity contribution in [3.63, 3.8) is 0 Å². The molecule has 0 aliphatic rings. The molecule has 0 saturated carbocycles. The highest BCUT2D eigenvalue weighted by Crippen LogP contribution is 2.04. The largest absolute Gasteiger partial charge is 0.481 e. The van der Waals surface area contributed by atoms with Crippen molar-refractivity contribution in [2.45, 2.75) is 12.8 Å². The Hall–Kier alpha value is -1.91. The second-order valence-electron chi connectivity index (χ2n) is 3.76. The van der Waals surface area contributed by atoms with Crippen LogP contribution in [0, 0.1) is 5.82 Å². The molecule has 0 spiro atoms. The van der Waals surface area contributed by atoms with Crippen molar-refractivity contribution in [1.82, 2.24) is 4.90 Å². The van der Waals surface area contributed by atoms with Gasteiger partial charge in [-0.3, -0.25) is 9.59 Å². The van der Waals surface area contributed by atoms with E-state index in [9.17, 15) is 14.0 Å². The van der Waals surface area contributed by atoms with Gasteiger partial charge < -0.3 is 10.0 Å². The third kappa shape index (κ3) is 4.63. The number of benzene rings is 1. The number of carboxylic acid groups (broad SMARTS) is 1. The SMILES string of the molecule is CN(CCc1ccc(F)cc1)C(=O)CC(=O)O. The van der Waals surface area contributed by atoms with Crippen molar-refractivity contribution in [2.75, 3.05) is 13.6 Å².